The van der Waals surface area contributed by atoms with E-state index < -0.39 is 0 Å². The Kier molecular flexibility index (Phi) is 5.58. The van der Waals surface area contributed by atoms with E-state index in [4.69, 9.17) is 4.74 Å². The second kappa shape index (κ2) is 8.47. The van der Waals surface area contributed by atoms with E-state index in [1.54, 1.807) is 45.5 Å². The van der Waals surface area contributed by atoms with E-state index in [2.05, 4.69) is 27.4 Å². The summed E-state index contributed by atoms with van der Waals surface area (Å²) in [7, 11) is 5.02. The van der Waals surface area contributed by atoms with Crippen molar-refractivity contribution >= 4 is 29.1 Å². The third-order valence-corrected chi connectivity index (χ3v) is 5.27. The Balaban J connectivity index is 1.66. The highest BCUT2D eigenvalue weighted by molar-refractivity contribution is 6.04. The molecule has 0 atom stereocenters. The van der Waals surface area contributed by atoms with Gasteiger partial charge in [-0.15, -0.1) is 0 Å². The summed E-state index contributed by atoms with van der Waals surface area (Å²) in [5, 5.41) is 4.40. The number of rotatable bonds is 5. The number of aromatic amines is 1. The van der Waals surface area contributed by atoms with Crippen LogP contribution in [0.25, 0.3) is 11.3 Å². The average molecular weight is 416 g/mol. The molecule has 0 radical (unpaired) electrons. The number of carbonyl (C=O) groups excluding carboxylic acids is 2. The number of carbonyl (C=O) groups is 2. The highest BCUT2D eigenvalue weighted by Gasteiger charge is 2.18. The van der Waals surface area contributed by atoms with Gasteiger partial charge in [-0.05, 0) is 41.8 Å². The topological polar surface area (TPSA) is 87.3 Å². The number of aromatic nitrogens is 2. The number of benzene rings is 2. The molecule has 2 aromatic carbocycles. The number of hydrogen-bond acceptors (Lipinski definition) is 4. The highest BCUT2D eigenvalue weighted by atomic mass is 16.5. The molecule has 158 valence electrons. The molecule has 1 aliphatic carbocycles. The summed E-state index contributed by atoms with van der Waals surface area (Å²) in [5.74, 6) is 0.745. The van der Waals surface area contributed by atoms with Gasteiger partial charge in [0.2, 0.25) is 5.95 Å². The van der Waals surface area contributed by atoms with Crippen molar-refractivity contribution in [2.75, 3.05) is 26.5 Å². The van der Waals surface area contributed by atoms with Gasteiger partial charge in [0.05, 0.1) is 12.5 Å². The van der Waals surface area contributed by atoms with Crippen LogP contribution in [0.15, 0.2) is 54.6 Å². The molecule has 2 N–H and O–H groups in total. The van der Waals surface area contributed by atoms with Crippen LogP contribution in [-0.4, -0.2) is 47.9 Å². The number of anilines is 1. The zero-order chi connectivity index (χ0) is 22.0. The summed E-state index contributed by atoms with van der Waals surface area (Å²) in [6.07, 6.45) is 1.56. The number of hydrogen-bond donors (Lipinski definition) is 2. The van der Waals surface area contributed by atoms with Crippen LogP contribution in [0, 0.1) is 0 Å². The van der Waals surface area contributed by atoms with Gasteiger partial charge in [0, 0.05) is 31.6 Å². The number of nitrogens with one attached hydrogen (secondary N) is 2. The molecule has 0 spiro atoms. The van der Waals surface area contributed by atoms with Gasteiger partial charge in [-0.1, -0.05) is 30.3 Å². The Morgan fingerprint density at radius 1 is 1.00 bits per heavy atom. The van der Waals surface area contributed by atoms with E-state index >= 15 is 0 Å². The monoisotopic (exact) mass is 416 g/mol. The standard InChI is InChI=1S/C24H24N4O3/c1-28(2)23(30)17-11-9-16(10-12-17)22(29)27-24-25-20-18(15-7-5-4-6-8-15)13-14-19(31-3)21(20)26-24/h4-12H,13-14H2,1-3H3,(H2,25,26,27,29). The van der Waals surface area contributed by atoms with Gasteiger partial charge in [0.25, 0.3) is 11.8 Å². The first-order chi connectivity index (χ1) is 15.0. The maximum Gasteiger partial charge on any atom is 0.257 e. The summed E-state index contributed by atoms with van der Waals surface area (Å²) in [6.45, 7) is 0. The number of imidazole rings is 1. The molecule has 1 aliphatic rings. The van der Waals surface area contributed by atoms with Crippen LogP contribution in [-0.2, 0) is 4.74 Å². The lowest BCUT2D eigenvalue weighted by molar-refractivity contribution is 0.0827. The van der Waals surface area contributed by atoms with Crippen molar-refractivity contribution in [3.63, 3.8) is 0 Å². The molecule has 0 saturated heterocycles. The van der Waals surface area contributed by atoms with Gasteiger partial charge >= 0.3 is 0 Å². The van der Waals surface area contributed by atoms with Gasteiger partial charge in [-0.3, -0.25) is 14.9 Å². The maximum atomic E-state index is 12.7. The third kappa shape index (κ3) is 4.07. The summed E-state index contributed by atoms with van der Waals surface area (Å²) >= 11 is 0. The van der Waals surface area contributed by atoms with Crippen molar-refractivity contribution in [1.82, 2.24) is 14.9 Å². The molecule has 2 amide bonds. The number of H-pyrrole nitrogens is 1. The fraction of sp³-hybridized carbons (Fsp3) is 0.208. The van der Waals surface area contributed by atoms with Crippen molar-refractivity contribution in [2.45, 2.75) is 12.8 Å². The van der Waals surface area contributed by atoms with E-state index in [0.717, 1.165) is 40.4 Å². The summed E-state index contributed by atoms with van der Waals surface area (Å²) in [6, 6.07) is 16.6. The zero-order valence-electron chi connectivity index (χ0n) is 17.7. The van der Waals surface area contributed by atoms with Gasteiger partial charge in [-0.2, -0.15) is 0 Å². The minimum absolute atomic E-state index is 0.114. The quantitative estimate of drug-likeness (QED) is 0.667. The summed E-state index contributed by atoms with van der Waals surface area (Å²) in [4.78, 5) is 34.1. The van der Waals surface area contributed by atoms with E-state index in [9.17, 15) is 9.59 Å². The minimum atomic E-state index is -0.310. The Labute approximate surface area is 180 Å². The molecule has 3 aromatic rings. The van der Waals surface area contributed by atoms with Crippen LogP contribution in [0.3, 0.4) is 0 Å². The number of nitrogens with zero attached hydrogens (tertiary/aromatic N) is 2. The predicted molar refractivity (Wildman–Crippen MR) is 119 cm³/mol. The first-order valence-electron chi connectivity index (χ1n) is 10.0. The van der Waals surface area contributed by atoms with E-state index in [1.165, 1.54) is 4.90 Å². The lowest BCUT2D eigenvalue weighted by Crippen LogP contribution is -2.33. The first kappa shape index (κ1) is 20.4. The molecule has 1 heterocycles. The second-order valence-corrected chi connectivity index (χ2v) is 7.51. The zero-order valence-corrected chi connectivity index (χ0v) is 17.7. The SMILES string of the molecule is COC1=c2[nH]c(NC(=O)c3ccc(C(=O)N(C)C)cc3)nc2=C(c2ccccc2)CC1. The van der Waals surface area contributed by atoms with Crippen LogP contribution in [0.1, 0.15) is 39.1 Å². The molecule has 1 aromatic heterocycles. The number of methoxy groups -OCH3 is 1. The van der Waals surface area contributed by atoms with E-state index in [-0.39, 0.29) is 11.8 Å². The number of amides is 2. The summed E-state index contributed by atoms with van der Waals surface area (Å²) < 4.78 is 5.54. The van der Waals surface area contributed by atoms with Gasteiger partial charge in [0.15, 0.2) is 0 Å². The number of fused-ring (bicyclic) bond motifs is 1. The fourth-order valence-electron chi connectivity index (χ4n) is 3.66. The lowest BCUT2D eigenvalue weighted by atomic mass is 9.97. The largest absolute Gasteiger partial charge is 0.499 e. The maximum absolute atomic E-state index is 12.7. The van der Waals surface area contributed by atoms with Gasteiger partial charge in [-0.25, -0.2) is 4.98 Å². The van der Waals surface area contributed by atoms with Crippen molar-refractivity contribution in [2.24, 2.45) is 0 Å². The lowest BCUT2D eigenvalue weighted by Gasteiger charge is -2.13. The van der Waals surface area contributed by atoms with E-state index in [1.807, 2.05) is 18.2 Å². The van der Waals surface area contributed by atoms with E-state index in [0.29, 0.717) is 17.1 Å². The molecule has 31 heavy (non-hydrogen) atoms. The van der Waals surface area contributed by atoms with Crippen molar-refractivity contribution < 1.29 is 14.3 Å². The van der Waals surface area contributed by atoms with Crippen LogP contribution in [0.5, 0.6) is 0 Å². The molecule has 0 unspecified atom stereocenters. The molecule has 0 saturated carbocycles. The Morgan fingerprint density at radius 3 is 2.32 bits per heavy atom. The molecular weight excluding hydrogens is 392 g/mol. The normalized spacial score (nSPS) is 12.9. The van der Waals surface area contributed by atoms with Crippen molar-refractivity contribution in [3.05, 3.63) is 82.0 Å². The summed E-state index contributed by atoms with van der Waals surface area (Å²) in [5.41, 5.74) is 3.17. The van der Waals surface area contributed by atoms with Crippen molar-refractivity contribution in [3.8, 4) is 0 Å². The fourth-order valence-corrected chi connectivity index (χ4v) is 3.66. The average Bonchev–Trinajstić information content (AvgIpc) is 3.22. The Hall–Kier alpha value is -3.87. The van der Waals surface area contributed by atoms with Crippen molar-refractivity contribution in [1.29, 1.82) is 0 Å². The molecule has 4 rings (SSSR count). The molecular formula is C24H24N4O3. The predicted octanol–water partition coefficient (Wildman–Crippen LogP) is 2.11. The van der Waals surface area contributed by atoms with Crippen LogP contribution < -0.4 is 16.0 Å². The Morgan fingerprint density at radius 2 is 1.68 bits per heavy atom. The third-order valence-electron chi connectivity index (χ3n) is 5.27. The van der Waals surface area contributed by atoms with Gasteiger partial charge in [0.1, 0.15) is 11.1 Å². The highest BCUT2D eigenvalue weighted by Crippen LogP contribution is 2.21. The molecule has 0 bridgehead atoms. The molecule has 7 heteroatoms. The molecule has 7 nitrogen and oxygen atoms in total. The number of ether oxygens (including phenoxy) is 1. The van der Waals surface area contributed by atoms with Gasteiger partial charge < -0.3 is 14.6 Å². The minimum Gasteiger partial charge on any atom is -0.499 e. The van der Waals surface area contributed by atoms with Crippen LogP contribution >= 0.6 is 0 Å². The smallest absolute Gasteiger partial charge is 0.257 e. The van der Waals surface area contributed by atoms with Crippen LogP contribution in [0.2, 0.25) is 0 Å². The molecule has 0 aliphatic heterocycles. The molecule has 0 fully saturated rings. The first-order valence-corrected chi connectivity index (χ1v) is 10.0. The van der Waals surface area contributed by atoms with Crippen LogP contribution in [0.4, 0.5) is 5.95 Å². The Bertz CT molecular complexity index is 1240. The second-order valence-electron chi connectivity index (χ2n) is 7.51.